The van der Waals surface area contributed by atoms with Crippen LogP contribution in [0.4, 0.5) is 0 Å². The summed E-state index contributed by atoms with van der Waals surface area (Å²) in [5.41, 5.74) is -1.44. The molecule has 0 unspecified atom stereocenters. The number of esters is 1. The fourth-order valence-corrected chi connectivity index (χ4v) is 7.24. The van der Waals surface area contributed by atoms with Crippen molar-refractivity contribution in [3.05, 3.63) is 34.6 Å². The number of hydrogen-bond acceptors (Lipinski definition) is 8. The number of hydrogen-bond donors (Lipinski definition) is 2. The van der Waals surface area contributed by atoms with E-state index in [9.17, 15) is 24.6 Å². The van der Waals surface area contributed by atoms with Crippen LogP contribution in [-0.2, 0) is 28.6 Å². The molecule has 1 saturated carbocycles. The number of ketones is 2. The minimum absolute atomic E-state index is 0.00768. The number of ether oxygens (including phenoxy) is 3. The fraction of sp³-hybridized carbons (Fsp3) is 0.700. The highest BCUT2D eigenvalue weighted by Gasteiger charge is 2.64. The minimum atomic E-state index is -1.20. The van der Waals surface area contributed by atoms with Crippen molar-refractivity contribution in [3.8, 4) is 0 Å². The first-order valence-electron chi connectivity index (χ1n) is 13.6. The molecule has 0 aromatic rings. The van der Waals surface area contributed by atoms with Crippen LogP contribution < -0.4 is 0 Å². The standard InChI is InChI=1S/C30H42O8/c1-9-15(2)25(36-17(4)31)16(3)18-14-19(32)22-24(34)27-29(7)12-10-20(28(5,6)35)37-21(29)11-13-30(27,8)38-26(22)23(18)33/h9,14,16,20-21,24-25,27,34-35H,10-13H2,1-8H3/b15-9+/t16-,20-,21-,24+,25+,27+,29-,30+/m0/s1. The summed E-state index contributed by atoms with van der Waals surface area (Å²) in [6.07, 6.45) is 3.07. The van der Waals surface area contributed by atoms with Gasteiger partial charge in [0.2, 0.25) is 5.78 Å². The Kier molecular flexibility index (Phi) is 7.34. The highest BCUT2D eigenvalue weighted by Crippen LogP contribution is 2.59. The van der Waals surface area contributed by atoms with E-state index in [4.69, 9.17) is 14.2 Å². The van der Waals surface area contributed by atoms with Gasteiger partial charge < -0.3 is 24.4 Å². The third-order valence-electron chi connectivity index (χ3n) is 9.42. The Morgan fingerprint density at radius 2 is 1.87 bits per heavy atom. The Balaban J connectivity index is 1.68. The highest BCUT2D eigenvalue weighted by atomic mass is 16.5. The van der Waals surface area contributed by atoms with E-state index in [1.54, 1.807) is 20.8 Å². The molecule has 210 valence electrons. The molecule has 0 amide bonds. The normalized spacial score (nSPS) is 37.3. The molecule has 4 rings (SSSR count). The monoisotopic (exact) mass is 530 g/mol. The van der Waals surface area contributed by atoms with E-state index in [0.717, 1.165) is 5.57 Å². The second kappa shape index (κ2) is 9.72. The molecule has 38 heavy (non-hydrogen) atoms. The van der Waals surface area contributed by atoms with Crippen molar-refractivity contribution in [2.24, 2.45) is 17.3 Å². The predicted molar refractivity (Wildman–Crippen MR) is 140 cm³/mol. The second-order valence-corrected chi connectivity index (χ2v) is 12.6. The molecule has 0 aromatic heterocycles. The largest absolute Gasteiger partial charge is 0.482 e. The first-order valence-corrected chi connectivity index (χ1v) is 13.6. The van der Waals surface area contributed by atoms with Gasteiger partial charge in [0.05, 0.1) is 29.5 Å². The van der Waals surface area contributed by atoms with Crippen LogP contribution >= 0.6 is 0 Å². The quantitative estimate of drug-likeness (QED) is 0.314. The fourth-order valence-electron chi connectivity index (χ4n) is 7.24. The Morgan fingerprint density at radius 1 is 1.21 bits per heavy atom. The van der Waals surface area contributed by atoms with E-state index in [2.05, 4.69) is 6.92 Å². The molecule has 1 saturated heterocycles. The molecular formula is C30H42O8. The number of allylic oxidation sites excluding steroid dienone is 3. The van der Waals surface area contributed by atoms with Crippen molar-refractivity contribution in [2.75, 3.05) is 0 Å². The summed E-state index contributed by atoms with van der Waals surface area (Å²) in [5.74, 6) is -2.57. The molecule has 8 heteroatoms. The van der Waals surface area contributed by atoms with Crippen molar-refractivity contribution in [2.45, 2.75) is 117 Å². The molecule has 2 N–H and O–H groups in total. The molecule has 0 aromatic carbocycles. The molecule has 0 spiro atoms. The lowest BCUT2D eigenvalue weighted by atomic mass is 9.52. The van der Waals surface area contributed by atoms with Crippen molar-refractivity contribution >= 4 is 17.5 Å². The molecule has 2 heterocycles. The Bertz CT molecular complexity index is 1120. The van der Waals surface area contributed by atoms with Crippen LogP contribution in [0.25, 0.3) is 0 Å². The smallest absolute Gasteiger partial charge is 0.303 e. The SMILES string of the molecule is C/C=C(\C)[C@@H](OC(C)=O)[C@@H](C)C1=CC(=O)C2=C(O[C@]3(C)CC[C@@H]4O[C@H](C(C)(C)O)CC[C@]4(C)[C@H]3[C@@H]2O)C1=O. The van der Waals surface area contributed by atoms with Gasteiger partial charge in [0.25, 0.3) is 0 Å². The van der Waals surface area contributed by atoms with Crippen LogP contribution in [0.3, 0.4) is 0 Å². The van der Waals surface area contributed by atoms with Gasteiger partial charge in [-0.25, -0.2) is 0 Å². The predicted octanol–water partition coefficient (Wildman–Crippen LogP) is 3.74. The third kappa shape index (κ3) is 4.58. The molecule has 2 fully saturated rings. The first-order chi connectivity index (χ1) is 17.5. The highest BCUT2D eigenvalue weighted by molar-refractivity contribution is 6.22. The Morgan fingerprint density at radius 3 is 2.45 bits per heavy atom. The molecule has 0 bridgehead atoms. The Labute approximate surface area is 225 Å². The zero-order valence-corrected chi connectivity index (χ0v) is 23.8. The lowest BCUT2D eigenvalue weighted by molar-refractivity contribution is -0.260. The topological polar surface area (TPSA) is 119 Å². The third-order valence-corrected chi connectivity index (χ3v) is 9.42. The van der Waals surface area contributed by atoms with Gasteiger partial charge in [-0.2, -0.15) is 0 Å². The lowest BCUT2D eigenvalue weighted by Crippen LogP contribution is -2.66. The zero-order chi connectivity index (χ0) is 28.4. The maximum absolute atomic E-state index is 13.8. The summed E-state index contributed by atoms with van der Waals surface area (Å²) in [7, 11) is 0. The summed E-state index contributed by atoms with van der Waals surface area (Å²) in [6, 6.07) is 0. The van der Waals surface area contributed by atoms with Crippen molar-refractivity contribution in [1.29, 1.82) is 0 Å². The molecule has 8 atom stereocenters. The van der Waals surface area contributed by atoms with Gasteiger partial charge in [0.15, 0.2) is 11.5 Å². The maximum Gasteiger partial charge on any atom is 0.303 e. The summed E-state index contributed by atoms with van der Waals surface area (Å²) in [4.78, 5) is 39.1. The number of rotatable bonds is 5. The van der Waals surface area contributed by atoms with Crippen LogP contribution in [0.15, 0.2) is 34.6 Å². The van der Waals surface area contributed by atoms with Gasteiger partial charge in [0, 0.05) is 29.7 Å². The van der Waals surface area contributed by atoms with Crippen LogP contribution in [0, 0.1) is 17.3 Å². The minimum Gasteiger partial charge on any atom is -0.482 e. The summed E-state index contributed by atoms with van der Waals surface area (Å²) >= 11 is 0. The number of aliphatic hydroxyl groups excluding tert-OH is 1. The van der Waals surface area contributed by atoms with E-state index in [-0.39, 0.29) is 29.1 Å². The zero-order valence-electron chi connectivity index (χ0n) is 23.8. The number of fused-ring (bicyclic) bond motifs is 3. The van der Waals surface area contributed by atoms with E-state index in [1.807, 2.05) is 26.8 Å². The molecule has 0 radical (unpaired) electrons. The molecular weight excluding hydrogens is 488 g/mol. The van der Waals surface area contributed by atoms with Gasteiger partial charge in [-0.05, 0) is 72.0 Å². The summed E-state index contributed by atoms with van der Waals surface area (Å²) in [6.45, 7) is 14.1. The van der Waals surface area contributed by atoms with E-state index >= 15 is 0 Å². The second-order valence-electron chi connectivity index (χ2n) is 12.6. The van der Waals surface area contributed by atoms with Crippen LogP contribution in [0.2, 0.25) is 0 Å². The van der Waals surface area contributed by atoms with Gasteiger partial charge in [-0.3, -0.25) is 14.4 Å². The van der Waals surface area contributed by atoms with Crippen LogP contribution in [0.1, 0.15) is 81.1 Å². The molecule has 2 aliphatic carbocycles. The number of Topliss-reactive ketones (excluding diaryl/α,β-unsaturated/α-hetero) is 1. The number of carbonyl (C=O) groups excluding carboxylic acids is 3. The average Bonchev–Trinajstić information content (AvgIpc) is 2.81. The van der Waals surface area contributed by atoms with Gasteiger partial charge in [-0.1, -0.05) is 19.9 Å². The summed E-state index contributed by atoms with van der Waals surface area (Å²) < 4.78 is 18.4. The maximum atomic E-state index is 13.8. The molecule has 4 aliphatic rings. The number of aliphatic hydroxyl groups is 2. The number of carbonyl (C=O) groups is 3. The first kappa shape index (κ1) is 28.7. The van der Waals surface area contributed by atoms with Gasteiger partial charge in [0.1, 0.15) is 11.7 Å². The van der Waals surface area contributed by atoms with Gasteiger partial charge in [-0.15, -0.1) is 0 Å². The van der Waals surface area contributed by atoms with Crippen LogP contribution in [0.5, 0.6) is 0 Å². The van der Waals surface area contributed by atoms with Crippen molar-refractivity contribution in [3.63, 3.8) is 0 Å². The molecule has 8 nitrogen and oxygen atoms in total. The van der Waals surface area contributed by atoms with E-state index < -0.39 is 58.2 Å². The molecule has 2 aliphatic heterocycles. The van der Waals surface area contributed by atoms with E-state index in [0.29, 0.717) is 25.7 Å². The van der Waals surface area contributed by atoms with Crippen LogP contribution in [-0.4, -0.2) is 63.4 Å². The van der Waals surface area contributed by atoms with Crippen molar-refractivity contribution in [1.82, 2.24) is 0 Å². The van der Waals surface area contributed by atoms with Crippen molar-refractivity contribution < 1.29 is 38.8 Å². The lowest BCUT2D eigenvalue weighted by Gasteiger charge is -2.61. The van der Waals surface area contributed by atoms with E-state index in [1.165, 1.54) is 13.0 Å². The van der Waals surface area contributed by atoms with Gasteiger partial charge >= 0.3 is 5.97 Å². The summed E-state index contributed by atoms with van der Waals surface area (Å²) in [5, 5.41) is 22.3. The average molecular weight is 531 g/mol. The Hall–Kier alpha value is -2.29.